The summed E-state index contributed by atoms with van der Waals surface area (Å²) in [4.78, 5) is 36.0. The smallest absolute Gasteiger partial charge is 0.410 e. The van der Waals surface area contributed by atoms with Crippen LogP contribution in [-0.2, 0) is 11.3 Å². The molecule has 0 unspecified atom stereocenters. The van der Waals surface area contributed by atoms with Gasteiger partial charge in [0.25, 0.3) is 5.91 Å². The van der Waals surface area contributed by atoms with E-state index in [9.17, 15) is 9.59 Å². The number of fused-ring (bicyclic) bond motifs is 1. The van der Waals surface area contributed by atoms with E-state index in [4.69, 9.17) is 31.9 Å². The number of likely N-dealkylation sites (tertiary alicyclic amines) is 1. The summed E-state index contributed by atoms with van der Waals surface area (Å²) in [5, 5.41) is 8.96. The van der Waals surface area contributed by atoms with E-state index in [1.165, 1.54) is 13.4 Å². The molecule has 0 aliphatic carbocycles. The molecule has 1 aliphatic heterocycles. The molecule has 0 saturated carbocycles. The fourth-order valence-electron chi connectivity index (χ4n) is 5.01. The number of rotatable bonds is 6. The van der Waals surface area contributed by atoms with E-state index in [1.54, 1.807) is 23.1 Å². The molecule has 3 N–H and O–H groups in total. The Morgan fingerprint density at radius 1 is 1.14 bits per heavy atom. The van der Waals surface area contributed by atoms with Gasteiger partial charge in [-0.15, -0.1) is 0 Å². The van der Waals surface area contributed by atoms with Gasteiger partial charge in [0.05, 0.1) is 24.1 Å². The number of carbonyl (C=O) groups is 2. The fourth-order valence-corrected chi connectivity index (χ4v) is 5.19. The van der Waals surface area contributed by atoms with Gasteiger partial charge in [0.15, 0.2) is 5.65 Å². The molecular formula is C30H34ClN7O4. The number of amides is 2. The number of anilines is 1. The molecule has 1 aliphatic rings. The Kier molecular flexibility index (Phi) is 8.22. The van der Waals surface area contributed by atoms with Crippen molar-refractivity contribution in [1.29, 1.82) is 0 Å². The van der Waals surface area contributed by atoms with E-state index in [2.05, 4.69) is 15.3 Å². The predicted octanol–water partition coefficient (Wildman–Crippen LogP) is 5.24. The highest BCUT2D eigenvalue weighted by molar-refractivity contribution is 6.31. The van der Waals surface area contributed by atoms with E-state index < -0.39 is 5.60 Å². The minimum absolute atomic E-state index is 0.102. The maximum atomic E-state index is 12.8. The monoisotopic (exact) mass is 591 g/mol. The third kappa shape index (κ3) is 6.25. The number of carbonyl (C=O) groups excluding carboxylic acids is 2. The van der Waals surface area contributed by atoms with E-state index in [0.29, 0.717) is 58.5 Å². The molecule has 2 aromatic heterocycles. The van der Waals surface area contributed by atoms with Crippen LogP contribution < -0.4 is 15.8 Å². The van der Waals surface area contributed by atoms with Crippen LogP contribution in [0.15, 0.2) is 48.8 Å². The van der Waals surface area contributed by atoms with Crippen LogP contribution in [0.25, 0.3) is 22.3 Å². The number of hydrogen-bond donors (Lipinski definition) is 2. The van der Waals surface area contributed by atoms with Crippen molar-refractivity contribution in [2.24, 2.45) is 0 Å². The highest BCUT2D eigenvalue weighted by Crippen LogP contribution is 2.34. The first-order valence-electron chi connectivity index (χ1n) is 13.7. The van der Waals surface area contributed by atoms with Crippen LogP contribution in [0, 0.1) is 0 Å². The van der Waals surface area contributed by atoms with Gasteiger partial charge in [-0.2, -0.15) is 5.10 Å². The molecule has 12 heteroatoms. The zero-order valence-electron chi connectivity index (χ0n) is 24.1. The van der Waals surface area contributed by atoms with Crippen molar-refractivity contribution < 1.29 is 19.1 Å². The summed E-state index contributed by atoms with van der Waals surface area (Å²) in [6.07, 6.45) is 2.72. The van der Waals surface area contributed by atoms with Crippen LogP contribution in [-0.4, -0.2) is 62.4 Å². The molecule has 2 aromatic carbocycles. The molecule has 1 saturated heterocycles. The Hall–Kier alpha value is -4.38. The van der Waals surface area contributed by atoms with E-state index in [1.807, 2.05) is 49.7 Å². The summed E-state index contributed by atoms with van der Waals surface area (Å²) in [5.74, 6) is 0.482. The second kappa shape index (κ2) is 11.8. The Bertz CT molecular complexity index is 1610. The van der Waals surface area contributed by atoms with Gasteiger partial charge in [-0.3, -0.25) is 4.79 Å². The molecule has 5 rings (SSSR count). The first kappa shape index (κ1) is 29.1. The van der Waals surface area contributed by atoms with Gasteiger partial charge in [0.2, 0.25) is 0 Å². The average Bonchev–Trinajstić information content (AvgIpc) is 3.36. The average molecular weight is 592 g/mol. The van der Waals surface area contributed by atoms with Gasteiger partial charge < -0.3 is 25.4 Å². The van der Waals surface area contributed by atoms with Crippen LogP contribution in [0.1, 0.15) is 55.6 Å². The number of piperidine rings is 1. The van der Waals surface area contributed by atoms with E-state index in [-0.39, 0.29) is 18.0 Å². The van der Waals surface area contributed by atoms with Crippen LogP contribution in [0.2, 0.25) is 5.02 Å². The first-order chi connectivity index (χ1) is 20.0. The molecule has 42 heavy (non-hydrogen) atoms. The van der Waals surface area contributed by atoms with Gasteiger partial charge in [0, 0.05) is 30.2 Å². The molecule has 1 fully saturated rings. The molecule has 2 amide bonds. The zero-order chi connectivity index (χ0) is 30.0. The largest absolute Gasteiger partial charge is 0.496 e. The number of nitrogen functional groups attached to an aromatic ring is 1. The Balaban J connectivity index is 1.37. The van der Waals surface area contributed by atoms with Crippen molar-refractivity contribution in [3.05, 3.63) is 64.9 Å². The van der Waals surface area contributed by atoms with Crippen molar-refractivity contribution in [2.75, 3.05) is 25.9 Å². The quantitative estimate of drug-likeness (QED) is 0.310. The molecule has 0 bridgehead atoms. The molecule has 0 spiro atoms. The van der Waals surface area contributed by atoms with Crippen LogP contribution in [0.3, 0.4) is 0 Å². The number of nitrogens with zero attached hydrogens (tertiary/aromatic N) is 5. The second-order valence-corrected chi connectivity index (χ2v) is 11.6. The number of benzene rings is 2. The Morgan fingerprint density at radius 3 is 2.62 bits per heavy atom. The van der Waals surface area contributed by atoms with Crippen molar-refractivity contribution in [3.8, 4) is 17.0 Å². The fraction of sp³-hybridized carbons (Fsp3) is 0.367. The highest BCUT2D eigenvalue weighted by atomic mass is 35.5. The summed E-state index contributed by atoms with van der Waals surface area (Å²) in [7, 11) is 1.51. The number of aromatic nitrogens is 4. The number of ether oxygens (including phenoxy) is 2. The summed E-state index contributed by atoms with van der Waals surface area (Å²) in [5.41, 5.74) is 9.09. The SMILES string of the molecule is COc1ccc(Cl)cc1C(=O)NCc1ccc(-c2nn([C@@H]3CCCN(C(=O)OC(C)(C)C)C3)c3ncnc(N)c23)cc1. The standard InChI is InChI=1S/C30H34ClN7O4/c1-30(2,3)42-29(40)37-13-5-6-21(16-37)38-27-24(26(32)34-17-35-27)25(36-38)19-9-7-18(8-10-19)15-33-28(39)22-14-20(31)11-12-23(22)41-4/h7-12,14,17,21H,5-6,13,15-16H2,1-4H3,(H,33,39)(H2,32,34,35)/t21-/m1/s1. The third-order valence-electron chi connectivity index (χ3n) is 7.00. The topological polar surface area (TPSA) is 137 Å². The van der Waals surface area contributed by atoms with Gasteiger partial charge in [-0.1, -0.05) is 35.9 Å². The number of nitrogens with two attached hydrogens (primary N) is 1. The Morgan fingerprint density at radius 2 is 1.90 bits per heavy atom. The predicted molar refractivity (Wildman–Crippen MR) is 160 cm³/mol. The van der Waals surface area contributed by atoms with E-state index >= 15 is 0 Å². The van der Waals surface area contributed by atoms with Gasteiger partial charge in [-0.25, -0.2) is 19.4 Å². The van der Waals surface area contributed by atoms with Gasteiger partial charge in [-0.05, 0) is 57.4 Å². The lowest BCUT2D eigenvalue weighted by Crippen LogP contribution is -2.43. The Labute approximate surface area is 249 Å². The van der Waals surface area contributed by atoms with Gasteiger partial charge in [0.1, 0.15) is 29.2 Å². The summed E-state index contributed by atoms with van der Waals surface area (Å²) >= 11 is 6.07. The summed E-state index contributed by atoms with van der Waals surface area (Å²) < 4.78 is 12.7. The summed E-state index contributed by atoms with van der Waals surface area (Å²) in [6, 6.07) is 12.5. The van der Waals surface area contributed by atoms with E-state index in [0.717, 1.165) is 24.0 Å². The molecule has 11 nitrogen and oxygen atoms in total. The van der Waals surface area contributed by atoms with Crippen LogP contribution >= 0.6 is 11.6 Å². The number of hydrogen-bond acceptors (Lipinski definition) is 8. The van der Waals surface area contributed by atoms with Crippen LogP contribution in [0.4, 0.5) is 10.6 Å². The zero-order valence-corrected chi connectivity index (χ0v) is 24.8. The molecule has 4 aromatic rings. The maximum Gasteiger partial charge on any atom is 0.410 e. The van der Waals surface area contributed by atoms with Gasteiger partial charge >= 0.3 is 6.09 Å². The third-order valence-corrected chi connectivity index (χ3v) is 7.23. The lowest BCUT2D eigenvalue weighted by molar-refractivity contribution is 0.0169. The number of methoxy groups -OCH3 is 1. The highest BCUT2D eigenvalue weighted by Gasteiger charge is 2.31. The minimum Gasteiger partial charge on any atom is -0.496 e. The maximum absolute atomic E-state index is 12.8. The van der Waals surface area contributed by atoms with Crippen molar-refractivity contribution in [2.45, 2.75) is 51.8 Å². The second-order valence-electron chi connectivity index (χ2n) is 11.2. The van der Waals surface area contributed by atoms with Crippen molar-refractivity contribution in [1.82, 2.24) is 30.0 Å². The minimum atomic E-state index is -0.575. The molecular weight excluding hydrogens is 558 g/mol. The summed E-state index contributed by atoms with van der Waals surface area (Å²) in [6.45, 7) is 6.94. The molecule has 3 heterocycles. The lowest BCUT2D eigenvalue weighted by atomic mass is 10.1. The molecule has 0 radical (unpaired) electrons. The lowest BCUT2D eigenvalue weighted by Gasteiger charge is -2.34. The molecule has 220 valence electrons. The van der Waals surface area contributed by atoms with Crippen molar-refractivity contribution in [3.63, 3.8) is 0 Å². The normalized spacial score (nSPS) is 15.5. The van der Waals surface area contributed by atoms with Crippen molar-refractivity contribution >= 4 is 40.5 Å². The number of halogens is 1. The number of nitrogens with one attached hydrogen (secondary N) is 1. The molecule has 1 atom stereocenters. The van der Waals surface area contributed by atoms with Crippen LogP contribution in [0.5, 0.6) is 5.75 Å². The first-order valence-corrected chi connectivity index (χ1v) is 14.1.